The van der Waals surface area contributed by atoms with E-state index in [9.17, 15) is 9.90 Å². The first-order valence-electron chi connectivity index (χ1n) is 8.07. The van der Waals surface area contributed by atoms with E-state index in [-0.39, 0.29) is 12.1 Å². The molecule has 130 valence electrons. The predicted octanol–water partition coefficient (Wildman–Crippen LogP) is 2.08. The van der Waals surface area contributed by atoms with E-state index in [1.165, 1.54) is 0 Å². The highest BCUT2D eigenvalue weighted by Crippen LogP contribution is 2.16. The number of benzene rings is 1. The molecule has 0 radical (unpaired) electrons. The number of aromatic nitrogens is 3. The first kappa shape index (κ1) is 17.9. The quantitative estimate of drug-likeness (QED) is 0.755. The molecule has 0 aliphatic carbocycles. The number of amides is 2. The highest BCUT2D eigenvalue weighted by molar-refractivity contribution is 5.74. The molecule has 0 bridgehead atoms. The van der Waals surface area contributed by atoms with Crippen molar-refractivity contribution in [2.45, 2.75) is 46.4 Å². The van der Waals surface area contributed by atoms with Gasteiger partial charge in [0.1, 0.15) is 5.82 Å². The molecule has 1 unspecified atom stereocenters. The number of carbonyl (C=O) groups is 1. The second kappa shape index (κ2) is 7.92. The topological polar surface area (TPSA) is 94.1 Å². The van der Waals surface area contributed by atoms with Crippen molar-refractivity contribution in [1.82, 2.24) is 25.4 Å². The number of aliphatic hydroxyl groups excluding tert-OH is 1. The van der Waals surface area contributed by atoms with E-state index in [0.717, 1.165) is 17.0 Å². The summed E-state index contributed by atoms with van der Waals surface area (Å²) in [5.74, 6) is 1.40. The number of H-pyrrole nitrogens is 1. The van der Waals surface area contributed by atoms with Crippen molar-refractivity contribution in [3.05, 3.63) is 35.7 Å². The van der Waals surface area contributed by atoms with Crippen LogP contribution >= 0.6 is 0 Å². The van der Waals surface area contributed by atoms with Gasteiger partial charge in [-0.25, -0.2) is 9.78 Å². The molecule has 0 saturated carbocycles. The molecule has 2 amide bonds. The first-order chi connectivity index (χ1) is 11.4. The number of hydrogen-bond donors (Lipinski definition) is 3. The van der Waals surface area contributed by atoms with Crippen LogP contribution in [-0.4, -0.2) is 49.9 Å². The van der Waals surface area contributed by atoms with Gasteiger partial charge in [0.2, 0.25) is 0 Å². The Balaban J connectivity index is 2.02. The summed E-state index contributed by atoms with van der Waals surface area (Å²) < 4.78 is 0. The average Bonchev–Trinajstić information content (AvgIpc) is 2.97. The van der Waals surface area contributed by atoms with Crippen LogP contribution in [0.4, 0.5) is 4.79 Å². The van der Waals surface area contributed by atoms with Gasteiger partial charge >= 0.3 is 6.03 Å². The Hall–Kier alpha value is -2.41. The lowest BCUT2D eigenvalue weighted by atomic mass is 10.1. The van der Waals surface area contributed by atoms with Crippen LogP contribution < -0.4 is 5.32 Å². The van der Waals surface area contributed by atoms with Gasteiger partial charge in [0.05, 0.1) is 6.10 Å². The Morgan fingerprint density at radius 2 is 2.12 bits per heavy atom. The van der Waals surface area contributed by atoms with Crippen molar-refractivity contribution in [3.8, 4) is 11.4 Å². The molecule has 24 heavy (non-hydrogen) atoms. The molecule has 1 heterocycles. The summed E-state index contributed by atoms with van der Waals surface area (Å²) in [5.41, 5.74) is 1.86. The van der Waals surface area contributed by atoms with E-state index in [1.807, 2.05) is 45.0 Å². The number of hydrogen-bond acceptors (Lipinski definition) is 4. The minimum atomic E-state index is -0.560. The summed E-state index contributed by atoms with van der Waals surface area (Å²) in [5, 5.41) is 19.4. The predicted molar refractivity (Wildman–Crippen MR) is 92.3 cm³/mol. The van der Waals surface area contributed by atoms with Crippen LogP contribution in [0, 0.1) is 6.92 Å². The molecular formula is C17H25N5O2. The number of aromatic amines is 1. The number of aliphatic hydroxyl groups is 1. The molecule has 1 atom stereocenters. The van der Waals surface area contributed by atoms with Gasteiger partial charge in [-0.05, 0) is 39.3 Å². The lowest BCUT2D eigenvalue weighted by molar-refractivity contribution is 0.119. The summed E-state index contributed by atoms with van der Waals surface area (Å²) in [6, 6.07) is 7.57. The molecule has 7 nitrogen and oxygen atoms in total. The van der Waals surface area contributed by atoms with Crippen LogP contribution in [0.25, 0.3) is 11.4 Å². The molecule has 0 aliphatic heterocycles. The number of nitrogens with zero attached hydrogens (tertiary/aromatic N) is 3. The van der Waals surface area contributed by atoms with E-state index in [1.54, 1.807) is 11.8 Å². The molecule has 0 spiro atoms. The molecule has 7 heteroatoms. The summed E-state index contributed by atoms with van der Waals surface area (Å²) >= 11 is 0. The van der Waals surface area contributed by atoms with Crippen molar-refractivity contribution in [3.63, 3.8) is 0 Å². The number of rotatable bonds is 6. The van der Waals surface area contributed by atoms with Crippen LogP contribution in [0.5, 0.6) is 0 Å². The molecule has 1 aromatic carbocycles. The third kappa shape index (κ3) is 4.79. The van der Waals surface area contributed by atoms with Crippen LogP contribution in [0.3, 0.4) is 0 Å². The SMILES string of the molecule is Cc1nc(-c2cccc(CNC(=O)N(CC(C)O)C(C)C)c2)n[nH]1. The van der Waals surface area contributed by atoms with E-state index < -0.39 is 6.10 Å². The fourth-order valence-electron chi connectivity index (χ4n) is 2.38. The Bertz CT molecular complexity index is 681. The van der Waals surface area contributed by atoms with Gasteiger partial charge in [-0.2, -0.15) is 5.10 Å². The summed E-state index contributed by atoms with van der Waals surface area (Å²) in [4.78, 5) is 18.3. The number of carbonyl (C=O) groups excluding carboxylic acids is 1. The molecule has 0 aliphatic rings. The molecule has 3 N–H and O–H groups in total. The highest BCUT2D eigenvalue weighted by atomic mass is 16.3. The Morgan fingerprint density at radius 1 is 1.38 bits per heavy atom. The maximum atomic E-state index is 12.3. The Kier molecular flexibility index (Phi) is 5.92. The zero-order chi connectivity index (χ0) is 17.7. The van der Waals surface area contributed by atoms with Crippen LogP contribution in [-0.2, 0) is 6.54 Å². The van der Waals surface area contributed by atoms with Crippen molar-refractivity contribution >= 4 is 6.03 Å². The lowest BCUT2D eigenvalue weighted by Crippen LogP contribution is -2.46. The molecule has 1 aromatic heterocycles. The molecule has 2 rings (SSSR count). The van der Waals surface area contributed by atoms with Crippen molar-refractivity contribution in [2.75, 3.05) is 6.54 Å². The van der Waals surface area contributed by atoms with Gasteiger partial charge < -0.3 is 15.3 Å². The first-order valence-corrected chi connectivity index (χ1v) is 8.07. The minimum Gasteiger partial charge on any atom is -0.392 e. The maximum absolute atomic E-state index is 12.3. The minimum absolute atomic E-state index is 0.0159. The van der Waals surface area contributed by atoms with Gasteiger partial charge in [-0.3, -0.25) is 5.10 Å². The largest absolute Gasteiger partial charge is 0.392 e. The fourth-order valence-corrected chi connectivity index (χ4v) is 2.38. The molecule has 0 fully saturated rings. The highest BCUT2D eigenvalue weighted by Gasteiger charge is 2.18. The monoisotopic (exact) mass is 331 g/mol. The summed E-state index contributed by atoms with van der Waals surface area (Å²) in [7, 11) is 0. The second-order valence-corrected chi connectivity index (χ2v) is 6.20. The van der Waals surface area contributed by atoms with Crippen molar-refractivity contribution in [2.24, 2.45) is 0 Å². The second-order valence-electron chi connectivity index (χ2n) is 6.20. The van der Waals surface area contributed by atoms with Gasteiger partial charge in [-0.1, -0.05) is 18.2 Å². The maximum Gasteiger partial charge on any atom is 0.317 e. The third-order valence-corrected chi connectivity index (χ3v) is 3.57. The summed E-state index contributed by atoms with van der Waals surface area (Å²) in [6.45, 7) is 8.08. The molecular weight excluding hydrogens is 306 g/mol. The van der Waals surface area contributed by atoms with E-state index >= 15 is 0 Å². The standard InChI is InChI=1S/C17H25N5O2/c1-11(2)22(10-12(3)23)17(24)18-9-14-6-5-7-15(8-14)16-19-13(4)20-21-16/h5-8,11-12,23H,9-10H2,1-4H3,(H,18,24)(H,19,20,21). The zero-order valence-electron chi connectivity index (χ0n) is 14.6. The van der Waals surface area contributed by atoms with Crippen LogP contribution in [0.2, 0.25) is 0 Å². The lowest BCUT2D eigenvalue weighted by Gasteiger charge is -2.28. The number of urea groups is 1. The van der Waals surface area contributed by atoms with Gasteiger partial charge in [-0.15, -0.1) is 0 Å². The number of aryl methyl sites for hydroxylation is 1. The van der Waals surface area contributed by atoms with Gasteiger partial charge in [0.25, 0.3) is 0 Å². The Labute approximate surface area is 142 Å². The average molecular weight is 331 g/mol. The fraction of sp³-hybridized carbons (Fsp3) is 0.471. The number of nitrogens with one attached hydrogen (secondary N) is 2. The summed E-state index contributed by atoms with van der Waals surface area (Å²) in [6.07, 6.45) is -0.560. The normalized spacial score (nSPS) is 12.2. The van der Waals surface area contributed by atoms with E-state index in [4.69, 9.17) is 0 Å². The van der Waals surface area contributed by atoms with Crippen molar-refractivity contribution in [1.29, 1.82) is 0 Å². The van der Waals surface area contributed by atoms with Crippen molar-refractivity contribution < 1.29 is 9.90 Å². The van der Waals surface area contributed by atoms with Crippen LogP contribution in [0.15, 0.2) is 24.3 Å². The molecule has 2 aromatic rings. The van der Waals surface area contributed by atoms with Crippen LogP contribution in [0.1, 0.15) is 32.2 Å². The van der Waals surface area contributed by atoms with E-state index in [2.05, 4.69) is 20.5 Å². The smallest absolute Gasteiger partial charge is 0.317 e. The Morgan fingerprint density at radius 3 is 2.71 bits per heavy atom. The van der Waals surface area contributed by atoms with Gasteiger partial charge in [0, 0.05) is 24.7 Å². The molecule has 0 saturated heterocycles. The van der Waals surface area contributed by atoms with Gasteiger partial charge in [0.15, 0.2) is 5.82 Å². The van der Waals surface area contributed by atoms with E-state index in [0.29, 0.717) is 18.9 Å². The zero-order valence-corrected chi connectivity index (χ0v) is 14.6. The third-order valence-electron chi connectivity index (χ3n) is 3.57.